The highest BCUT2D eigenvalue weighted by Gasteiger charge is 1.99. The third kappa shape index (κ3) is 1.57. The van der Waals surface area contributed by atoms with Crippen LogP contribution in [-0.4, -0.2) is 9.97 Å². The van der Waals surface area contributed by atoms with E-state index in [0.717, 1.165) is 17.7 Å². The van der Waals surface area contributed by atoms with Crippen LogP contribution >= 0.6 is 12.2 Å². The second-order valence-electron chi connectivity index (χ2n) is 2.38. The predicted octanol–water partition coefficient (Wildman–Crippen LogP) is 1.59. The summed E-state index contributed by atoms with van der Waals surface area (Å²) in [6, 6.07) is 0. The van der Waals surface area contributed by atoms with Crippen LogP contribution in [0.1, 0.15) is 18.2 Å². The standard InChI is InChI=1S/C7H11N3S/c1-3-5-4(2)9-7(8)10-6(5)11/h3H2,1-2H3,(H3,8,9,10,11). The minimum absolute atomic E-state index is 0.393. The fourth-order valence-electron chi connectivity index (χ4n) is 1.05. The van der Waals surface area contributed by atoms with Crippen LogP contribution in [0.3, 0.4) is 0 Å². The van der Waals surface area contributed by atoms with Gasteiger partial charge in [0.1, 0.15) is 4.64 Å². The quantitative estimate of drug-likeness (QED) is 0.628. The summed E-state index contributed by atoms with van der Waals surface area (Å²) in [5, 5.41) is 0. The van der Waals surface area contributed by atoms with Gasteiger partial charge < -0.3 is 10.7 Å². The summed E-state index contributed by atoms with van der Waals surface area (Å²) in [5.74, 6) is 0.393. The second kappa shape index (κ2) is 3.00. The van der Waals surface area contributed by atoms with Crippen molar-refractivity contribution >= 4 is 18.2 Å². The summed E-state index contributed by atoms with van der Waals surface area (Å²) in [4.78, 5) is 6.87. The zero-order chi connectivity index (χ0) is 8.43. The number of aromatic nitrogens is 2. The summed E-state index contributed by atoms with van der Waals surface area (Å²) < 4.78 is 0.612. The lowest BCUT2D eigenvalue weighted by molar-refractivity contribution is 0.993. The third-order valence-corrected chi connectivity index (χ3v) is 1.94. The zero-order valence-electron chi connectivity index (χ0n) is 6.64. The molecule has 3 N–H and O–H groups in total. The molecule has 1 rings (SSSR count). The van der Waals surface area contributed by atoms with Crippen molar-refractivity contribution in [2.45, 2.75) is 20.3 Å². The molecule has 0 unspecified atom stereocenters. The second-order valence-corrected chi connectivity index (χ2v) is 2.77. The van der Waals surface area contributed by atoms with Gasteiger partial charge in [0, 0.05) is 11.3 Å². The number of hydrogen-bond acceptors (Lipinski definition) is 3. The number of nitrogens with one attached hydrogen (secondary N) is 1. The van der Waals surface area contributed by atoms with Crippen LogP contribution in [0.5, 0.6) is 0 Å². The van der Waals surface area contributed by atoms with Crippen LogP contribution in [0.2, 0.25) is 0 Å². The molecule has 0 aromatic carbocycles. The van der Waals surface area contributed by atoms with Gasteiger partial charge in [0.2, 0.25) is 0 Å². The number of aromatic amines is 1. The number of nitrogen functional groups attached to an aromatic ring is 1. The molecular weight excluding hydrogens is 158 g/mol. The van der Waals surface area contributed by atoms with Gasteiger partial charge in [-0.25, -0.2) is 4.98 Å². The number of nitrogens with two attached hydrogens (primary N) is 1. The number of aryl methyl sites for hydroxylation is 1. The Kier molecular flexibility index (Phi) is 2.24. The van der Waals surface area contributed by atoms with Crippen molar-refractivity contribution in [2.24, 2.45) is 0 Å². The number of anilines is 1. The lowest BCUT2D eigenvalue weighted by Gasteiger charge is -2.02. The maximum atomic E-state index is 5.45. The number of H-pyrrole nitrogens is 1. The molecule has 3 nitrogen and oxygen atoms in total. The minimum atomic E-state index is 0.393. The summed E-state index contributed by atoms with van der Waals surface area (Å²) in [7, 11) is 0. The van der Waals surface area contributed by atoms with Crippen molar-refractivity contribution < 1.29 is 0 Å². The van der Waals surface area contributed by atoms with E-state index >= 15 is 0 Å². The Balaban J connectivity index is 3.37. The summed E-state index contributed by atoms with van der Waals surface area (Å²) in [6.45, 7) is 4.00. The SMILES string of the molecule is CCc1c(C)[nH]c(N)nc1=S. The lowest BCUT2D eigenvalue weighted by Crippen LogP contribution is -2.01. The van der Waals surface area contributed by atoms with Gasteiger partial charge in [-0.3, -0.25) is 0 Å². The van der Waals surface area contributed by atoms with Gasteiger partial charge in [0.05, 0.1) is 0 Å². The molecule has 0 atom stereocenters. The smallest absolute Gasteiger partial charge is 0.198 e. The molecule has 11 heavy (non-hydrogen) atoms. The number of rotatable bonds is 1. The first kappa shape index (κ1) is 8.20. The molecule has 1 aromatic rings. The Morgan fingerprint density at radius 1 is 1.64 bits per heavy atom. The highest BCUT2D eigenvalue weighted by atomic mass is 32.1. The van der Waals surface area contributed by atoms with E-state index in [2.05, 4.69) is 9.97 Å². The van der Waals surface area contributed by atoms with Crippen molar-refractivity contribution in [1.29, 1.82) is 0 Å². The number of nitrogens with zero attached hydrogens (tertiary/aromatic N) is 1. The normalized spacial score (nSPS) is 10.0. The Morgan fingerprint density at radius 2 is 2.27 bits per heavy atom. The maximum Gasteiger partial charge on any atom is 0.198 e. The van der Waals surface area contributed by atoms with Crippen molar-refractivity contribution in [3.8, 4) is 0 Å². The Morgan fingerprint density at radius 3 is 2.73 bits per heavy atom. The molecule has 60 valence electrons. The van der Waals surface area contributed by atoms with Crippen LogP contribution in [0.15, 0.2) is 0 Å². The van der Waals surface area contributed by atoms with Crippen LogP contribution < -0.4 is 5.73 Å². The van der Waals surface area contributed by atoms with Crippen LogP contribution in [0.4, 0.5) is 5.95 Å². The van der Waals surface area contributed by atoms with Crippen molar-refractivity contribution in [3.05, 3.63) is 15.9 Å². The molecule has 0 aliphatic rings. The third-order valence-electron chi connectivity index (χ3n) is 1.60. The summed E-state index contributed by atoms with van der Waals surface area (Å²) >= 11 is 5.02. The highest BCUT2D eigenvalue weighted by molar-refractivity contribution is 7.71. The van der Waals surface area contributed by atoms with E-state index in [4.69, 9.17) is 18.0 Å². The van der Waals surface area contributed by atoms with E-state index in [1.165, 1.54) is 0 Å². The fraction of sp³-hybridized carbons (Fsp3) is 0.429. The summed E-state index contributed by atoms with van der Waals surface area (Å²) in [5.41, 5.74) is 7.55. The van der Waals surface area contributed by atoms with E-state index in [-0.39, 0.29) is 0 Å². The molecule has 4 heteroatoms. The van der Waals surface area contributed by atoms with Crippen molar-refractivity contribution in [1.82, 2.24) is 9.97 Å². The first-order valence-corrected chi connectivity index (χ1v) is 3.91. The molecule has 0 saturated carbocycles. The Labute approximate surface area is 70.7 Å². The van der Waals surface area contributed by atoms with Gasteiger partial charge in [-0.1, -0.05) is 19.1 Å². The van der Waals surface area contributed by atoms with E-state index in [1.54, 1.807) is 0 Å². The molecule has 0 amide bonds. The molecular formula is C7H11N3S. The van der Waals surface area contributed by atoms with Gasteiger partial charge in [-0.2, -0.15) is 0 Å². The van der Waals surface area contributed by atoms with Crippen molar-refractivity contribution in [2.75, 3.05) is 5.73 Å². The maximum absolute atomic E-state index is 5.45. The van der Waals surface area contributed by atoms with Gasteiger partial charge >= 0.3 is 0 Å². The molecule has 1 heterocycles. The Bertz CT molecular complexity index is 316. The van der Waals surface area contributed by atoms with Crippen LogP contribution in [0, 0.1) is 11.6 Å². The van der Waals surface area contributed by atoms with Crippen molar-refractivity contribution in [3.63, 3.8) is 0 Å². The first-order valence-electron chi connectivity index (χ1n) is 3.50. The molecule has 0 aliphatic heterocycles. The van der Waals surface area contributed by atoms with E-state index in [0.29, 0.717) is 10.6 Å². The monoisotopic (exact) mass is 169 g/mol. The molecule has 0 fully saturated rings. The highest BCUT2D eigenvalue weighted by Crippen LogP contribution is 2.07. The molecule has 0 aliphatic carbocycles. The van der Waals surface area contributed by atoms with E-state index < -0.39 is 0 Å². The largest absolute Gasteiger partial charge is 0.369 e. The van der Waals surface area contributed by atoms with Gasteiger partial charge in [0.15, 0.2) is 5.95 Å². The molecule has 0 radical (unpaired) electrons. The van der Waals surface area contributed by atoms with E-state index in [9.17, 15) is 0 Å². The molecule has 0 spiro atoms. The fourth-order valence-corrected chi connectivity index (χ4v) is 1.44. The zero-order valence-corrected chi connectivity index (χ0v) is 7.46. The van der Waals surface area contributed by atoms with E-state index in [1.807, 2.05) is 13.8 Å². The molecule has 0 bridgehead atoms. The van der Waals surface area contributed by atoms with Gasteiger partial charge in [-0.05, 0) is 13.3 Å². The number of hydrogen-bond donors (Lipinski definition) is 2. The predicted molar refractivity (Wildman–Crippen MR) is 47.9 cm³/mol. The van der Waals surface area contributed by atoms with Gasteiger partial charge in [-0.15, -0.1) is 0 Å². The van der Waals surface area contributed by atoms with Crippen LogP contribution in [0.25, 0.3) is 0 Å². The summed E-state index contributed by atoms with van der Waals surface area (Å²) in [6.07, 6.45) is 0.897. The van der Waals surface area contributed by atoms with Gasteiger partial charge in [0.25, 0.3) is 0 Å². The molecule has 1 aromatic heterocycles. The lowest BCUT2D eigenvalue weighted by atomic mass is 10.2. The minimum Gasteiger partial charge on any atom is -0.369 e. The topological polar surface area (TPSA) is 54.7 Å². The first-order chi connectivity index (χ1) is 5.15. The average Bonchev–Trinajstić information content (AvgIpc) is 1.85. The average molecular weight is 169 g/mol. The Hall–Kier alpha value is -0.900. The molecule has 0 saturated heterocycles. The van der Waals surface area contributed by atoms with Crippen LogP contribution in [-0.2, 0) is 6.42 Å².